The predicted molar refractivity (Wildman–Crippen MR) is 121 cm³/mol. The molecule has 1 fully saturated rings. The van der Waals surface area contributed by atoms with Crippen LogP contribution in [0, 0.1) is 6.92 Å². The van der Waals surface area contributed by atoms with Crippen LogP contribution in [0.1, 0.15) is 22.7 Å². The van der Waals surface area contributed by atoms with Gasteiger partial charge in [0.2, 0.25) is 0 Å². The first-order chi connectivity index (χ1) is 15.8. The maximum Gasteiger partial charge on any atom is 0.411 e. The van der Waals surface area contributed by atoms with E-state index in [1.54, 1.807) is 31.5 Å². The van der Waals surface area contributed by atoms with Gasteiger partial charge in [-0.05, 0) is 42.3 Å². The average molecular weight is 467 g/mol. The van der Waals surface area contributed by atoms with Crippen molar-refractivity contribution in [2.75, 3.05) is 11.9 Å². The zero-order valence-corrected chi connectivity index (χ0v) is 18.6. The Morgan fingerprint density at radius 3 is 2.67 bits per heavy atom. The number of sulfonamides is 1. The average Bonchev–Trinajstić information content (AvgIpc) is 3.23. The number of carbonyl (C=O) groups is 2. The molecule has 2 heterocycles. The van der Waals surface area contributed by atoms with E-state index in [1.807, 2.05) is 30.3 Å². The Balaban J connectivity index is 1.44. The standard InChI is InChI=1S/C23H22N4O5S/c1-16-12-19(9-10-20(16)26-23(29)32-15-17-6-5-11-24-13-17)33(30,31)27-14-21(25-22(27)28)18-7-3-2-4-8-18/h2-13,21H,14-15H2,1H3,(H,25,28)(H,26,29)/t21-/m1/s1. The molecule has 1 saturated heterocycles. The van der Waals surface area contributed by atoms with Crippen LogP contribution in [-0.2, 0) is 21.4 Å². The Labute approximate surface area is 191 Å². The smallest absolute Gasteiger partial charge is 0.411 e. The van der Waals surface area contributed by atoms with Crippen molar-refractivity contribution in [3.63, 3.8) is 0 Å². The van der Waals surface area contributed by atoms with Crippen LogP contribution in [0.3, 0.4) is 0 Å². The number of aromatic nitrogens is 1. The Bertz CT molecular complexity index is 1270. The number of ether oxygens (including phenoxy) is 1. The minimum atomic E-state index is -4.07. The zero-order chi connectivity index (χ0) is 23.4. The van der Waals surface area contributed by atoms with Gasteiger partial charge in [-0.15, -0.1) is 0 Å². The number of anilines is 1. The number of urea groups is 1. The third kappa shape index (κ3) is 4.96. The number of aryl methyl sites for hydroxylation is 1. The van der Waals surface area contributed by atoms with E-state index in [-0.39, 0.29) is 18.0 Å². The van der Waals surface area contributed by atoms with E-state index in [4.69, 9.17) is 4.74 Å². The molecular formula is C23H22N4O5S. The number of carbonyl (C=O) groups excluding carboxylic acids is 2. The lowest BCUT2D eigenvalue weighted by Gasteiger charge is -2.17. The molecular weight excluding hydrogens is 444 g/mol. The molecule has 0 unspecified atom stereocenters. The minimum absolute atomic E-state index is 0.00903. The van der Waals surface area contributed by atoms with Crippen LogP contribution in [-0.4, -0.2) is 36.4 Å². The summed E-state index contributed by atoms with van der Waals surface area (Å²) in [6.07, 6.45) is 2.53. The first-order valence-electron chi connectivity index (χ1n) is 10.2. The topological polar surface area (TPSA) is 118 Å². The Morgan fingerprint density at radius 1 is 1.18 bits per heavy atom. The Kier molecular flexibility index (Phi) is 6.27. The second-order valence-corrected chi connectivity index (χ2v) is 9.35. The van der Waals surface area contributed by atoms with Crippen LogP contribution in [0.15, 0.2) is 78.0 Å². The normalized spacial score (nSPS) is 15.7. The fourth-order valence-electron chi connectivity index (χ4n) is 3.44. The lowest BCUT2D eigenvalue weighted by atomic mass is 10.1. The SMILES string of the molecule is Cc1cc(S(=O)(=O)N2C[C@H](c3ccccc3)NC2=O)ccc1NC(=O)OCc1cccnc1. The molecule has 170 valence electrons. The first-order valence-corrected chi connectivity index (χ1v) is 11.6. The summed E-state index contributed by atoms with van der Waals surface area (Å²) in [6.45, 7) is 1.70. The van der Waals surface area contributed by atoms with Crippen LogP contribution in [0.25, 0.3) is 0 Å². The molecule has 3 aromatic rings. The highest BCUT2D eigenvalue weighted by molar-refractivity contribution is 7.89. The number of hydrogen-bond donors (Lipinski definition) is 2. The number of hydrogen-bond acceptors (Lipinski definition) is 6. The van der Waals surface area contributed by atoms with Gasteiger partial charge in [-0.25, -0.2) is 22.3 Å². The fourth-order valence-corrected chi connectivity index (χ4v) is 4.88. The Morgan fingerprint density at radius 2 is 1.97 bits per heavy atom. The summed E-state index contributed by atoms with van der Waals surface area (Å²) < 4.78 is 32.2. The van der Waals surface area contributed by atoms with Gasteiger partial charge < -0.3 is 10.1 Å². The predicted octanol–water partition coefficient (Wildman–Crippen LogP) is 3.59. The molecule has 9 nitrogen and oxygen atoms in total. The van der Waals surface area contributed by atoms with E-state index in [0.717, 1.165) is 15.4 Å². The molecule has 10 heteroatoms. The number of rotatable bonds is 6. The van der Waals surface area contributed by atoms with E-state index < -0.39 is 28.2 Å². The molecule has 1 atom stereocenters. The first kappa shape index (κ1) is 22.3. The summed E-state index contributed by atoms with van der Waals surface area (Å²) in [5.41, 5.74) is 2.47. The van der Waals surface area contributed by atoms with Gasteiger partial charge in [-0.2, -0.15) is 0 Å². The molecule has 0 spiro atoms. The maximum absolute atomic E-state index is 13.1. The van der Waals surface area contributed by atoms with Crippen molar-refractivity contribution < 1.29 is 22.7 Å². The molecule has 0 radical (unpaired) electrons. The van der Waals surface area contributed by atoms with Gasteiger partial charge in [0.15, 0.2) is 0 Å². The van der Waals surface area contributed by atoms with Gasteiger partial charge in [0.1, 0.15) is 6.61 Å². The molecule has 0 bridgehead atoms. The Hall–Kier alpha value is -3.92. The summed E-state index contributed by atoms with van der Waals surface area (Å²) in [7, 11) is -4.07. The highest BCUT2D eigenvalue weighted by atomic mass is 32.2. The van der Waals surface area contributed by atoms with E-state index in [9.17, 15) is 18.0 Å². The van der Waals surface area contributed by atoms with E-state index in [1.165, 1.54) is 18.2 Å². The van der Waals surface area contributed by atoms with Gasteiger partial charge in [0, 0.05) is 23.6 Å². The number of amides is 3. The second-order valence-electron chi connectivity index (χ2n) is 7.49. The molecule has 1 aliphatic rings. The lowest BCUT2D eigenvalue weighted by Crippen LogP contribution is -2.34. The van der Waals surface area contributed by atoms with Crippen molar-refractivity contribution >= 4 is 27.8 Å². The molecule has 4 rings (SSSR count). The van der Waals surface area contributed by atoms with E-state index in [0.29, 0.717) is 11.3 Å². The molecule has 0 aliphatic carbocycles. The zero-order valence-electron chi connectivity index (χ0n) is 17.8. The largest absolute Gasteiger partial charge is 0.444 e. The van der Waals surface area contributed by atoms with Crippen molar-refractivity contribution in [3.8, 4) is 0 Å². The van der Waals surface area contributed by atoms with Gasteiger partial charge in [-0.3, -0.25) is 10.3 Å². The third-order valence-corrected chi connectivity index (χ3v) is 6.93. The molecule has 1 aromatic heterocycles. The van der Waals surface area contributed by atoms with Gasteiger partial charge in [0.25, 0.3) is 10.0 Å². The number of nitrogens with one attached hydrogen (secondary N) is 2. The summed E-state index contributed by atoms with van der Waals surface area (Å²) in [4.78, 5) is 28.4. The van der Waals surface area contributed by atoms with Crippen molar-refractivity contribution in [1.29, 1.82) is 0 Å². The van der Waals surface area contributed by atoms with Crippen LogP contribution >= 0.6 is 0 Å². The highest BCUT2D eigenvalue weighted by Gasteiger charge is 2.38. The van der Waals surface area contributed by atoms with Gasteiger partial charge >= 0.3 is 12.1 Å². The van der Waals surface area contributed by atoms with E-state index in [2.05, 4.69) is 15.6 Å². The fraction of sp³-hybridized carbons (Fsp3) is 0.174. The lowest BCUT2D eigenvalue weighted by molar-refractivity contribution is 0.155. The van der Waals surface area contributed by atoms with Crippen molar-refractivity contribution in [3.05, 3.63) is 89.7 Å². The minimum Gasteiger partial charge on any atom is -0.444 e. The molecule has 3 amide bonds. The summed E-state index contributed by atoms with van der Waals surface area (Å²) in [5, 5.41) is 5.30. The molecule has 2 N–H and O–H groups in total. The van der Waals surface area contributed by atoms with Crippen LogP contribution in [0.2, 0.25) is 0 Å². The van der Waals surface area contributed by atoms with Crippen LogP contribution in [0.4, 0.5) is 15.3 Å². The monoisotopic (exact) mass is 466 g/mol. The van der Waals surface area contributed by atoms with Crippen molar-refractivity contribution in [2.45, 2.75) is 24.5 Å². The number of pyridine rings is 1. The van der Waals surface area contributed by atoms with Crippen LogP contribution in [0.5, 0.6) is 0 Å². The molecule has 33 heavy (non-hydrogen) atoms. The third-order valence-electron chi connectivity index (χ3n) is 5.19. The summed E-state index contributed by atoms with van der Waals surface area (Å²) >= 11 is 0. The molecule has 2 aromatic carbocycles. The van der Waals surface area contributed by atoms with E-state index >= 15 is 0 Å². The van der Waals surface area contributed by atoms with Crippen molar-refractivity contribution in [2.24, 2.45) is 0 Å². The maximum atomic E-state index is 13.1. The summed E-state index contributed by atoms with van der Waals surface area (Å²) in [5.74, 6) is 0. The second kappa shape index (κ2) is 9.29. The molecule has 1 aliphatic heterocycles. The quantitative estimate of drug-likeness (QED) is 0.573. The number of benzene rings is 2. The number of nitrogens with zero attached hydrogens (tertiary/aromatic N) is 2. The molecule has 0 saturated carbocycles. The summed E-state index contributed by atoms with van der Waals surface area (Å²) in [6, 6.07) is 15.8. The van der Waals surface area contributed by atoms with Gasteiger partial charge in [0.05, 0.1) is 17.5 Å². The highest BCUT2D eigenvalue weighted by Crippen LogP contribution is 2.28. The van der Waals surface area contributed by atoms with Crippen LogP contribution < -0.4 is 10.6 Å². The van der Waals surface area contributed by atoms with Gasteiger partial charge in [-0.1, -0.05) is 36.4 Å². The van der Waals surface area contributed by atoms with Crippen molar-refractivity contribution in [1.82, 2.24) is 14.6 Å².